The summed E-state index contributed by atoms with van der Waals surface area (Å²) in [4.78, 5) is 29.3. The number of carbonyl (C=O) groups excluding carboxylic acids is 1. The van der Waals surface area contributed by atoms with E-state index >= 15 is 0 Å². The molecule has 9 heteroatoms. The smallest absolute Gasteiger partial charge is 0.358 e. The number of rotatable bonds is 5. The van der Waals surface area contributed by atoms with Crippen molar-refractivity contribution in [3.63, 3.8) is 0 Å². The lowest BCUT2D eigenvalue weighted by Gasteiger charge is -2.32. The van der Waals surface area contributed by atoms with Crippen molar-refractivity contribution in [2.45, 2.75) is 32.7 Å². The average molecular weight is 333 g/mol. The zero-order chi connectivity index (χ0) is 17.1. The van der Waals surface area contributed by atoms with Crippen molar-refractivity contribution in [3.05, 3.63) is 29.7 Å². The van der Waals surface area contributed by atoms with Crippen LogP contribution in [0, 0.1) is 5.92 Å². The van der Waals surface area contributed by atoms with Crippen molar-refractivity contribution in [1.82, 2.24) is 24.9 Å². The van der Waals surface area contributed by atoms with E-state index in [0.717, 1.165) is 12.8 Å². The Morgan fingerprint density at radius 3 is 3.00 bits per heavy atom. The Morgan fingerprint density at radius 1 is 1.46 bits per heavy atom. The molecule has 0 radical (unpaired) electrons. The van der Waals surface area contributed by atoms with E-state index in [1.54, 1.807) is 4.90 Å². The largest absolute Gasteiger partial charge is 0.476 e. The number of likely N-dealkylation sites (tertiary alicyclic amines) is 1. The lowest BCUT2D eigenvalue weighted by atomic mass is 9.97. The second-order valence-electron chi connectivity index (χ2n) is 5.87. The van der Waals surface area contributed by atoms with Gasteiger partial charge in [0.2, 0.25) is 0 Å². The number of carboxylic acid groups (broad SMARTS) is 1. The second kappa shape index (κ2) is 6.81. The van der Waals surface area contributed by atoms with Gasteiger partial charge >= 0.3 is 5.97 Å². The molecule has 2 aromatic rings. The standard InChI is InChI=1S/C15H19N5O4/c1-2-12-13(16-9-24-12)14(21)19-5-3-4-10(6-19)7-20-8-11(15(22)23)17-18-20/h8-10H,2-7H2,1H3,(H,22,23). The maximum atomic E-state index is 12.6. The fourth-order valence-corrected chi connectivity index (χ4v) is 2.99. The lowest BCUT2D eigenvalue weighted by Crippen LogP contribution is -2.41. The van der Waals surface area contributed by atoms with Crippen molar-refractivity contribution >= 4 is 11.9 Å². The van der Waals surface area contributed by atoms with Gasteiger partial charge in [-0.2, -0.15) is 0 Å². The molecule has 2 aromatic heterocycles. The topological polar surface area (TPSA) is 114 Å². The van der Waals surface area contributed by atoms with Gasteiger partial charge in [0.15, 0.2) is 17.8 Å². The van der Waals surface area contributed by atoms with Crippen LogP contribution in [0.5, 0.6) is 0 Å². The summed E-state index contributed by atoms with van der Waals surface area (Å²) in [7, 11) is 0. The van der Waals surface area contributed by atoms with Crippen LogP contribution in [0.4, 0.5) is 0 Å². The fourth-order valence-electron chi connectivity index (χ4n) is 2.99. The summed E-state index contributed by atoms with van der Waals surface area (Å²) < 4.78 is 6.76. The van der Waals surface area contributed by atoms with Crippen LogP contribution in [0.25, 0.3) is 0 Å². The van der Waals surface area contributed by atoms with Gasteiger partial charge < -0.3 is 14.4 Å². The molecule has 0 aliphatic carbocycles. The molecule has 0 bridgehead atoms. The molecular weight excluding hydrogens is 314 g/mol. The highest BCUT2D eigenvalue weighted by molar-refractivity contribution is 5.93. The van der Waals surface area contributed by atoms with E-state index in [1.807, 2.05) is 6.92 Å². The average Bonchev–Trinajstić information content (AvgIpc) is 3.23. The SMILES string of the molecule is CCc1ocnc1C(=O)N1CCCC(Cn2cc(C(=O)O)nn2)C1. The van der Waals surface area contributed by atoms with Gasteiger partial charge in [-0.1, -0.05) is 12.1 Å². The van der Waals surface area contributed by atoms with Crippen molar-refractivity contribution in [2.24, 2.45) is 5.92 Å². The number of aromatic carboxylic acids is 1. The van der Waals surface area contributed by atoms with Crippen LogP contribution in [0.1, 0.15) is 46.5 Å². The summed E-state index contributed by atoms with van der Waals surface area (Å²) in [6.45, 7) is 3.71. The van der Waals surface area contributed by atoms with E-state index < -0.39 is 5.97 Å². The minimum atomic E-state index is -1.10. The lowest BCUT2D eigenvalue weighted by molar-refractivity contribution is 0.0651. The van der Waals surface area contributed by atoms with E-state index in [9.17, 15) is 9.59 Å². The Labute approximate surface area is 138 Å². The number of aromatic nitrogens is 4. The Bertz CT molecular complexity index is 738. The van der Waals surface area contributed by atoms with Gasteiger partial charge in [-0.15, -0.1) is 5.10 Å². The molecule has 3 heterocycles. The molecule has 1 N–H and O–H groups in total. The first-order valence-electron chi connectivity index (χ1n) is 7.93. The first-order chi connectivity index (χ1) is 11.6. The van der Waals surface area contributed by atoms with Gasteiger partial charge in [0.25, 0.3) is 5.91 Å². The summed E-state index contributed by atoms with van der Waals surface area (Å²) in [6, 6.07) is 0. The Balaban J connectivity index is 1.65. The normalized spacial score (nSPS) is 17.9. The third-order valence-corrected chi connectivity index (χ3v) is 4.17. The van der Waals surface area contributed by atoms with Crippen molar-refractivity contribution in [1.29, 1.82) is 0 Å². The number of piperidine rings is 1. The number of hydrogen-bond acceptors (Lipinski definition) is 6. The van der Waals surface area contributed by atoms with Crippen molar-refractivity contribution < 1.29 is 19.1 Å². The summed E-state index contributed by atoms with van der Waals surface area (Å²) in [5.41, 5.74) is 0.306. The maximum Gasteiger partial charge on any atom is 0.358 e. The summed E-state index contributed by atoms with van der Waals surface area (Å²) in [5, 5.41) is 16.3. The van der Waals surface area contributed by atoms with Crippen LogP contribution >= 0.6 is 0 Å². The number of hydrogen-bond donors (Lipinski definition) is 1. The van der Waals surface area contributed by atoms with Crippen LogP contribution in [0.3, 0.4) is 0 Å². The number of oxazole rings is 1. The summed E-state index contributed by atoms with van der Waals surface area (Å²) in [5.74, 6) is -0.414. The van der Waals surface area contributed by atoms with Gasteiger partial charge in [-0.25, -0.2) is 9.78 Å². The summed E-state index contributed by atoms with van der Waals surface area (Å²) in [6.07, 6.45) is 5.17. The molecule has 0 saturated carbocycles. The predicted octanol–water partition coefficient (Wildman–Crippen LogP) is 1.08. The minimum Gasteiger partial charge on any atom is -0.476 e. The monoisotopic (exact) mass is 333 g/mol. The minimum absolute atomic E-state index is 0.0751. The van der Waals surface area contributed by atoms with E-state index in [1.165, 1.54) is 17.3 Å². The molecule has 1 aliphatic heterocycles. The van der Waals surface area contributed by atoms with E-state index in [0.29, 0.717) is 37.5 Å². The van der Waals surface area contributed by atoms with Gasteiger partial charge in [-0.3, -0.25) is 9.48 Å². The van der Waals surface area contributed by atoms with Gasteiger partial charge in [-0.05, 0) is 18.8 Å². The molecule has 1 saturated heterocycles. The van der Waals surface area contributed by atoms with Crippen molar-refractivity contribution in [2.75, 3.05) is 13.1 Å². The Kier molecular flexibility index (Phi) is 4.59. The molecule has 128 valence electrons. The third kappa shape index (κ3) is 3.29. The highest BCUT2D eigenvalue weighted by Crippen LogP contribution is 2.21. The first kappa shape index (κ1) is 16.2. The zero-order valence-corrected chi connectivity index (χ0v) is 13.4. The Morgan fingerprint density at radius 2 is 2.29 bits per heavy atom. The third-order valence-electron chi connectivity index (χ3n) is 4.17. The molecular formula is C15H19N5O4. The number of amides is 1. The maximum absolute atomic E-state index is 12.6. The fraction of sp³-hybridized carbons (Fsp3) is 0.533. The number of aryl methyl sites for hydroxylation is 1. The van der Waals surface area contributed by atoms with Gasteiger partial charge in [0.05, 0.1) is 6.20 Å². The first-order valence-corrected chi connectivity index (χ1v) is 7.93. The number of nitrogens with zero attached hydrogens (tertiary/aromatic N) is 5. The van der Waals surface area contributed by atoms with E-state index in [2.05, 4.69) is 15.3 Å². The molecule has 1 aliphatic rings. The van der Waals surface area contributed by atoms with Crippen LogP contribution in [0.2, 0.25) is 0 Å². The number of carbonyl (C=O) groups is 2. The van der Waals surface area contributed by atoms with Gasteiger partial charge in [0.1, 0.15) is 5.76 Å². The van der Waals surface area contributed by atoms with Crippen LogP contribution in [-0.4, -0.2) is 55.0 Å². The molecule has 0 aromatic carbocycles. The van der Waals surface area contributed by atoms with E-state index in [4.69, 9.17) is 9.52 Å². The van der Waals surface area contributed by atoms with Crippen LogP contribution < -0.4 is 0 Å². The molecule has 24 heavy (non-hydrogen) atoms. The molecule has 1 unspecified atom stereocenters. The molecule has 3 rings (SSSR count). The molecule has 0 spiro atoms. The molecule has 1 amide bonds. The predicted molar refractivity (Wildman–Crippen MR) is 81.5 cm³/mol. The Hall–Kier alpha value is -2.71. The highest BCUT2D eigenvalue weighted by Gasteiger charge is 2.28. The number of carboxylic acids is 1. The second-order valence-corrected chi connectivity index (χ2v) is 5.87. The molecule has 1 atom stereocenters. The van der Waals surface area contributed by atoms with E-state index in [-0.39, 0.29) is 17.5 Å². The molecule has 1 fully saturated rings. The highest BCUT2D eigenvalue weighted by atomic mass is 16.4. The van der Waals surface area contributed by atoms with Gasteiger partial charge in [0, 0.05) is 26.1 Å². The van der Waals surface area contributed by atoms with Crippen LogP contribution in [0.15, 0.2) is 17.0 Å². The van der Waals surface area contributed by atoms with Crippen LogP contribution in [-0.2, 0) is 13.0 Å². The van der Waals surface area contributed by atoms with Crippen molar-refractivity contribution in [3.8, 4) is 0 Å². The molecule has 9 nitrogen and oxygen atoms in total. The summed E-state index contributed by atoms with van der Waals surface area (Å²) >= 11 is 0. The zero-order valence-electron chi connectivity index (χ0n) is 13.4. The quantitative estimate of drug-likeness (QED) is 0.870.